The van der Waals surface area contributed by atoms with Crippen LogP contribution in [0.4, 0.5) is 0 Å². The topological polar surface area (TPSA) is 12.0 Å². The Hall–Kier alpha value is -1.12. The molecule has 1 aliphatic carbocycles. The number of rotatable bonds is 5. The molecule has 0 aliphatic heterocycles. The normalized spacial score (nSPS) is 19.3. The van der Waals surface area contributed by atoms with Crippen LogP contribution in [0.25, 0.3) is 0 Å². The van der Waals surface area contributed by atoms with E-state index >= 15 is 0 Å². The van der Waals surface area contributed by atoms with E-state index in [2.05, 4.69) is 60.1 Å². The van der Waals surface area contributed by atoms with Crippen LogP contribution in [0.2, 0.25) is 0 Å². The largest absolute Gasteiger partial charge is 0.309 e. The maximum Gasteiger partial charge on any atom is 0.0512 e. The summed E-state index contributed by atoms with van der Waals surface area (Å²) in [6.07, 6.45) is 6.68. The fourth-order valence-corrected chi connectivity index (χ4v) is 4.84. The molecule has 1 nitrogen and oxygen atoms in total. The molecule has 1 fully saturated rings. The molecule has 1 heterocycles. The van der Waals surface area contributed by atoms with Gasteiger partial charge in [0.2, 0.25) is 0 Å². The molecule has 1 unspecified atom stereocenters. The van der Waals surface area contributed by atoms with Gasteiger partial charge in [0.15, 0.2) is 0 Å². The molecule has 1 aliphatic rings. The molecule has 0 spiro atoms. The zero-order valence-corrected chi connectivity index (χ0v) is 13.7. The highest BCUT2D eigenvalue weighted by atomic mass is 32.1. The summed E-state index contributed by atoms with van der Waals surface area (Å²) in [6, 6.07) is 16.1. The van der Waals surface area contributed by atoms with Crippen LogP contribution < -0.4 is 5.32 Å². The van der Waals surface area contributed by atoms with Gasteiger partial charge in [-0.3, -0.25) is 0 Å². The van der Waals surface area contributed by atoms with Gasteiger partial charge < -0.3 is 5.32 Å². The van der Waals surface area contributed by atoms with Gasteiger partial charge in [-0.05, 0) is 36.4 Å². The first kappa shape index (κ1) is 14.8. The van der Waals surface area contributed by atoms with Crippen molar-refractivity contribution in [2.24, 2.45) is 0 Å². The van der Waals surface area contributed by atoms with Crippen molar-refractivity contribution in [3.8, 4) is 0 Å². The third kappa shape index (κ3) is 2.93. The van der Waals surface area contributed by atoms with Crippen molar-refractivity contribution in [3.05, 3.63) is 58.3 Å². The summed E-state index contributed by atoms with van der Waals surface area (Å²) in [4.78, 5) is 1.49. The average Bonchev–Trinajstić information content (AvgIpc) is 3.08. The highest BCUT2D eigenvalue weighted by Crippen LogP contribution is 2.49. The van der Waals surface area contributed by atoms with E-state index in [-0.39, 0.29) is 5.41 Å². The molecule has 2 aromatic rings. The second kappa shape index (κ2) is 6.76. The molecule has 1 atom stereocenters. The summed E-state index contributed by atoms with van der Waals surface area (Å²) in [7, 11) is 0. The molecule has 0 radical (unpaired) electrons. The first-order valence-electron chi connectivity index (χ1n) is 8.19. The lowest BCUT2D eigenvalue weighted by atomic mass is 9.64. The average molecular weight is 299 g/mol. The van der Waals surface area contributed by atoms with Crippen molar-refractivity contribution in [3.63, 3.8) is 0 Å². The zero-order chi connectivity index (χ0) is 14.5. The number of benzene rings is 1. The van der Waals surface area contributed by atoms with Crippen LogP contribution in [-0.4, -0.2) is 6.54 Å². The Balaban J connectivity index is 2.04. The fourth-order valence-electron chi connectivity index (χ4n) is 3.92. The molecule has 0 bridgehead atoms. The summed E-state index contributed by atoms with van der Waals surface area (Å²) in [5.74, 6) is 0. The van der Waals surface area contributed by atoms with Gasteiger partial charge in [-0.2, -0.15) is 0 Å². The molecule has 1 aromatic heterocycles. The monoisotopic (exact) mass is 299 g/mol. The second-order valence-electron chi connectivity index (χ2n) is 6.09. The molecule has 0 amide bonds. The van der Waals surface area contributed by atoms with E-state index in [4.69, 9.17) is 0 Å². The van der Waals surface area contributed by atoms with E-state index in [9.17, 15) is 0 Å². The number of hydrogen-bond acceptors (Lipinski definition) is 2. The predicted octanol–water partition coefficient (Wildman–Crippen LogP) is 5.30. The van der Waals surface area contributed by atoms with E-state index in [0.717, 1.165) is 6.54 Å². The van der Waals surface area contributed by atoms with Crippen molar-refractivity contribution in [2.75, 3.05) is 6.54 Å². The Morgan fingerprint density at radius 2 is 1.81 bits per heavy atom. The van der Waals surface area contributed by atoms with Crippen LogP contribution in [0.1, 0.15) is 55.5 Å². The van der Waals surface area contributed by atoms with E-state index in [1.165, 1.54) is 42.5 Å². The highest BCUT2D eigenvalue weighted by Gasteiger charge is 2.42. The summed E-state index contributed by atoms with van der Waals surface area (Å²) >= 11 is 1.90. The lowest BCUT2D eigenvalue weighted by Crippen LogP contribution is -2.43. The van der Waals surface area contributed by atoms with Gasteiger partial charge in [0.05, 0.1) is 6.04 Å². The Morgan fingerprint density at radius 3 is 2.43 bits per heavy atom. The minimum atomic E-state index is 0.264. The zero-order valence-electron chi connectivity index (χ0n) is 12.8. The molecule has 3 rings (SSSR count). The van der Waals surface area contributed by atoms with Crippen molar-refractivity contribution in [2.45, 2.75) is 50.5 Å². The highest BCUT2D eigenvalue weighted by molar-refractivity contribution is 7.10. The Kier molecular flexibility index (Phi) is 4.77. The minimum Gasteiger partial charge on any atom is -0.309 e. The van der Waals surface area contributed by atoms with Crippen molar-refractivity contribution >= 4 is 11.3 Å². The minimum absolute atomic E-state index is 0.264. The van der Waals surface area contributed by atoms with E-state index in [0.29, 0.717) is 6.04 Å². The van der Waals surface area contributed by atoms with Gasteiger partial charge in [0.25, 0.3) is 0 Å². The van der Waals surface area contributed by atoms with Crippen molar-refractivity contribution < 1.29 is 0 Å². The summed E-state index contributed by atoms with van der Waals surface area (Å²) < 4.78 is 0. The Labute approximate surface area is 132 Å². The molecular formula is C19H25NS. The van der Waals surface area contributed by atoms with Gasteiger partial charge in [-0.15, -0.1) is 11.3 Å². The maximum atomic E-state index is 3.80. The summed E-state index contributed by atoms with van der Waals surface area (Å²) in [6.45, 7) is 3.25. The number of likely N-dealkylation sites (N-methyl/N-ethyl adjacent to an activating group) is 1. The maximum absolute atomic E-state index is 3.80. The second-order valence-corrected chi connectivity index (χ2v) is 7.07. The van der Waals surface area contributed by atoms with E-state index < -0.39 is 0 Å². The van der Waals surface area contributed by atoms with Crippen LogP contribution in [0.3, 0.4) is 0 Å². The number of hydrogen-bond donors (Lipinski definition) is 1. The molecule has 112 valence electrons. The third-order valence-corrected chi connectivity index (χ3v) is 5.82. The standard InChI is InChI=1S/C19H25NS/c1-2-20-18(17-12-9-15-21-17)19(13-7-4-8-14-19)16-10-5-3-6-11-16/h3,5-6,9-12,15,18,20H,2,4,7-8,13-14H2,1H3. The lowest BCUT2D eigenvalue weighted by Gasteiger charge is -2.44. The summed E-state index contributed by atoms with van der Waals surface area (Å²) in [5.41, 5.74) is 1.78. The predicted molar refractivity (Wildman–Crippen MR) is 91.9 cm³/mol. The number of nitrogens with one attached hydrogen (secondary N) is 1. The van der Waals surface area contributed by atoms with Gasteiger partial charge in [0.1, 0.15) is 0 Å². The molecular weight excluding hydrogens is 274 g/mol. The number of thiophene rings is 1. The van der Waals surface area contributed by atoms with Crippen LogP contribution in [0.15, 0.2) is 47.8 Å². The van der Waals surface area contributed by atoms with Crippen LogP contribution in [-0.2, 0) is 5.41 Å². The van der Waals surface area contributed by atoms with Gasteiger partial charge in [-0.1, -0.05) is 62.6 Å². The molecule has 21 heavy (non-hydrogen) atoms. The Bertz CT molecular complexity index is 526. The van der Waals surface area contributed by atoms with E-state index in [1.807, 2.05) is 11.3 Å². The van der Waals surface area contributed by atoms with E-state index in [1.54, 1.807) is 0 Å². The smallest absolute Gasteiger partial charge is 0.0512 e. The van der Waals surface area contributed by atoms with Gasteiger partial charge >= 0.3 is 0 Å². The molecule has 2 heteroatoms. The van der Waals surface area contributed by atoms with Gasteiger partial charge in [0, 0.05) is 10.3 Å². The van der Waals surface area contributed by atoms with Crippen LogP contribution >= 0.6 is 11.3 Å². The quantitative estimate of drug-likeness (QED) is 0.790. The van der Waals surface area contributed by atoms with Crippen LogP contribution in [0, 0.1) is 0 Å². The third-order valence-electron chi connectivity index (χ3n) is 4.88. The Morgan fingerprint density at radius 1 is 1.05 bits per heavy atom. The SMILES string of the molecule is CCNC(c1cccs1)C1(c2ccccc2)CCCCC1. The first-order valence-corrected chi connectivity index (χ1v) is 9.07. The van der Waals surface area contributed by atoms with Crippen LogP contribution in [0.5, 0.6) is 0 Å². The molecule has 1 aromatic carbocycles. The van der Waals surface area contributed by atoms with Crippen molar-refractivity contribution in [1.29, 1.82) is 0 Å². The fraction of sp³-hybridized carbons (Fsp3) is 0.474. The molecule has 1 N–H and O–H groups in total. The van der Waals surface area contributed by atoms with Crippen molar-refractivity contribution in [1.82, 2.24) is 5.32 Å². The lowest BCUT2D eigenvalue weighted by molar-refractivity contribution is 0.218. The summed E-state index contributed by atoms with van der Waals surface area (Å²) in [5, 5.41) is 6.01. The first-order chi connectivity index (χ1) is 10.4. The molecule has 1 saturated carbocycles. The van der Waals surface area contributed by atoms with Gasteiger partial charge in [-0.25, -0.2) is 0 Å². The molecule has 0 saturated heterocycles.